The fraction of sp³-hybridized carbons (Fsp3) is 0.432. The summed E-state index contributed by atoms with van der Waals surface area (Å²) in [7, 11) is 0. The molecule has 3 aliphatic rings. The van der Waals surface area contributed by atoms with Crippen molar-refractivity contribution >= 4 is 52.0 Å². The molecule has 1 aliphatic carbocycles. The van der Waals surface area contributed by atoms with Crippen LogP contribution in [0.3, 0.4) is 0 Å². The van der Waals surface area contributed by atoms with Gasteiger partial charge in [0, 0.05) is 30.7 Å². The Balaban J connectivity index is 1.26. The molecular formula is C37H42N6O8S. The van der Waals surface area contributed by atoms with Crippen LogP contribution in [0.15, 0.2) is 71.2 Å². The van der Waals surface area contributed by atoms with Gasteiger partial charge >= 0.3 is 12.1 Å². The Kier molecular flexibility index (Phi) is 10.9. The number of thiazole rings is 1. The van der Waals surface area contributed by atoms with Gasteiger partial charge in [-0.05, 0) is 57.6 Å². The highest BCUT2D eigenvalue weighted by Crippen LogP contribution is 2.38. The molecule has 2 aromatic carbocycles. The van der Waals surface area contributed by atoms with Crippen LogP contribution < -0.4 is 21.3 Å². The molecule has 2 saturated heterocycles. The number of rotatable bonds is 12. The van der Waals surface area contributed by atoms with Crippen LogP contribution in [0.2, 0.25) is 0 Å². The summed E-state index contributed by atoms with van der Waals surface area (Å²) in [5.74, 6) is -2.21. The molecule has 1 aromatic heterocycles. The van der Waals surface area contributed by atoms with Gasteiger partial charge in [0.05, 0.1) is 6.04 Å². The quantitative estimate of drug-likeness (QED) is 0.0909. The van der Waals surface area contributed by atoms with E-state index in [0.717, 1.165) is 22.5 Å². The van der Waals surface area contributed by atoms with E-state index in [1.807, 2.05) is 60.7 Å². The van der Waals surface area contributed by atoms with Crippen molar-refractivity contribution in [1.82, 2.24) is 20.9 Å². The minimum atomic E-state index is -1.51. The molecule has 6 rings (SSSR count). The molecule has 3 aromatic rings. The van der Waals surface area contributed by atoms with E-state index in [2.05, 4.69) is 31.4 Å². The van der Waals surface area contributed by atoms with E-state index >= 15 is 0 Å². The molecule has 15 heteroatoms. The molecule has 1 unspecified atom stereocenters. The predicted octanol–water partition coefficient (Wildman–Crippen LogP) is 4.37. The number of aromatic nitrogens is 1. The third-order valence-corrected chi connectivity index (χ3v) is 9.85. The van der Waals surface area contributed by atoms with Crippen LogP contribution in [0.4, 0.5) is 9.93 Å². The number of carbonyl (C=O) groups is 5. The van der Waals surface area contributed by atoms with Gasteiger partial charge in [-0.25, -0.2) is 14.6 Å². The molecule has 0 spiro atoms. The molecule has 3 fully saturated rings. The second-order valence-corrected chi connectivity index (χ2v) is 14.9. The minimum absolute atomic E-state index is 0.0352. The van der Waals surface area contributed by atoms with E-state index in [4.69, 9.17) is 14.3 Å². The summed E-state index contributed by atoms with van der Waals surface area (Å²) in [6.45, 7) is 5.73. The number of amides is 4. The van der Waals surface area contributed by atoms with Crippen LogP contribution in [0.25, 0.3) is 0 Å². The Morgan fingerprint density at radius 1 is 1.00 bits per heavy atom. The number of hydrogen-bond donors (Lipinski definition) is 4. The average molecular weight is 731 g/mol. The van der Waals surface area contributed by atoms with Crippen LogP contribution in [0.1, 0.15) is 82.2 Å². The number of nitrogens with zero attached hydrogens (tertiary/aromatic N) is 2. The third kappa shape index (κ3) is 8.58. The normalized spacial score (nSPS) is 21.1. The van der Waals surface area contributed by atoms with Gasteiger partial charge in [0.2, 0.25) is 17.4 Å². The lowest BCUT2D eigenvalue weighted by Gasteiger charge is -2.38. The first-order valence-corrected chi connectivity index (χ1v) is 18.2. The summed E-state index contributed by atoms with van der Waals surface area (Å²) in [4.78, 5) is 75.8. The van der Waals surface area contributed by atoms with Gasteiger partial charge in [-0.2, -0.15) is 0 Å². The van der Waals surface area contributed by atoms with E-state index in [0.29, 0.717) is 45.1 Å². The number of β-lactam (4-membered cyclic amide) rings is 1. The standard InChI is InChI=1S/C37H42N6O8S/c1-36(2,3)50-35(48)42-34-40-26(21-52-34)28(32(46)41-27-25(39-31(27)45)20-24-16-19-38-30(24)44)43-51-37(17-10-11-18-37)33(47)49-29(22-12-6-4-7-13-22)23-14-8-5-9-15-23/h4-9,12-15,21,24-25,27,29H,10-11,16-20H2,1-3H3,(H,38,44)(H,39,45)(H,41,46)(H,40,42,48)/b43-28-/t24?,25-,27+/m1/s1. The smallest absolute Gasteiger partial charge is 0.413 e. The summed E-state index contributed by atoms with van der Waals surface area (Å²) in [5, 5.41) is 16.7. The molecule has 3 atom stereocenters. The van der Waals surface area contributed by atoms with Crippen LogP contribution in [0, 0.1) is 5.92 Å². The van der Waals surface area contributed by atoms with Crippen LogP contribution in [-0.4, -0.2) is 70.3 Å². The zero-order chi connectivity index (χ0) is 36.9. The Morgan fingerprint density at radius 2 is 1.65 bits per heavy atom. The maximum atomic E-state index is 14.1. The van der Waals surface area contributed by atoms with E-state index in [1.54, 1.807) is 20.8 Å². The van der Waals surface area contributed by atoms with E-state index in [9.17, 15) is 24.0 Å². The fourth-order valence-electron chi connectivity index (χ4n) is 6.44. The lowest BCUT2D eigenvalue weighted by atomic mass is 9.88. The van der Waals surface area contributed by atoms with Crippen molar-refractivity contribution in [3.8, 4) is 0 Å². The molecule has 0 radical (unpaired) electrons. The Bertz CT molecular complexity index is 1780. The maximum Gasteiger partial charge on any atom is 0.413 e. The number of benzene rings is 2. The highest BCUT2D eigenvalue weighted by Gasteiger charge is 2.48. The lowest BCUT2D eigenvalue weighted by Crippen LogP contribution is -2.70. The number of ether oxygens (including phenoxy) is 2. The molecule has 4 N–H and O–H groups in total. The van der Waals surface area contributed by atoms with Gasteiger partial charge in [0.25, 0.3) is 5.91 Å². The molecule has 4 amide bonds. The van der Waals surface area contributed by atoms with Gasteiger partial charge in [-0.15, -0.1) is 11.3 Å². The van der Waals surface area contributed by atoms with Crippen LogP contribution in [0.5, 0.6) is 0 Å². The number of anilines is 1. The van der Waals surface area contributed by atoms with Crippen LogP contribution in [-0.2, 0) is 33.5 Å². The summed E-state index contributed by atoms with van der Waals surface area (Å²) in [6.07, 6.45) is 1.42. The highest BCUT2D eigenvalue weighted by atomic mass is 32.1. The van der Waals surface area contributed by atoms with E-state index < -0.39 is 53.3 Å². The second kappa shape index (κ2) is 15.5. The molecule has 14 nitrogen and oxygen atoms in total. The maximum absolute atomic E-state index is 14.1. The molecule has 2 aliphatic heterocycles. The minimum Gasteiger partial charge on any atom is -0.450 e. The van der Waals surface area contributed by atoms with E-state index in [-0.39, 0.29) is 28.4 Å². The van der Waals surface area contributed by atoms with E-state index in [1.165, 1.54) is 5.38 Å². The molecule has 1 saturated carbocycles. The summed E-state index contributed by atoms with van der Waals surface area (Å²) < 4.78 is 11.5. The lowest BCUT2D eigenvalue weighted by molar-refractivity contribution is -0.176. The third-order valence-electron chi connectivity index (χ3n) is 9.09. The first-order valence-electron chi connectivity index (χ1n) is 17.3. The SMILES string of the molecule is CC(C)(C)OC(=O)Nc1nc(/C(=N/OC2(C(=O)OC(c3ccccc3)c3ccccc3)CCCC2)C(=O)N[C@@H]2C(=O)N[C@@H]2CC2CCNC2=O)cs1. The summed E-state index contributed by atoms with van der Waals surface area (Å²) in [6, 6.07) is 17.3. The summed E-state index contributed by atoms with van der Waals surface area (Å²) in [5.41, 5.74) is -0.995. The first kappa shape index (κ1) is 36.5. The number of hydrogen-bond acceptors (Lipinski definition) is 11. The molecule has 3 heterocycles. The number of oxime groups is 1. The molecular weight excluding hydrogens is 689 g/mol. The zero-order valence-corrected chi connectivity index (χ0v) is 30.0. The van der Waals surface area contributed by atoms with Gasteiger partial charge in [-0.1, -0.05) is 65.8 Å². The molecule has 274 valence electrons. The fourth-order valence-corrected chi connectivity index (χ4v) is 7.12. The Labute approximate surface area is 305 Å². The van der Waals surface area contributed by atoms with Crippen molar-refractivity contribution in [3.63, 3.8) is 0 Å². The van der Waals surface area contributed by atoms with Crippen molar-refractivity contribution in [3.05, 3.63) is 82.9 Å². The van der Waals surface area contributed by atoms with Crippen molar-refractivity contribution in [2.75, 3.05) is 11.9 Å². The highest BCUT2D eigenvalue weighted by molar-refractivity contribution is 7.14. The number of esters is 1. The van der Waals surface area contributed by atoms with Crippen molar-refractivity contribution in [2.45, 2.75) is 88.7 Å². The molecule has 0 bridgehead atoms. The van der Waals surface area contributed by atoms with Crippen molar-refractivity contribution in [1.29, 1.82) is 0 Å². The van der Waals surface area contributed by atoms with Gasteiger partial charge < -0.3 is 30.3 Å². The Morgan fingerprint density at radius 3 is 2.23 bits per heavy atom. The monoisotopic (exact) mass is 730 g/mol. The number of carbonyl (C=O) groups excluding carboxylic acids is 5. The Hall–Kier alpha value is -5.31. The van der Waals surface area contributed by atoms with Crippen molar-refractivity contribution < 1.29 is 38.3 Å². The number of nitrogens with one attached hydrogen (secondary N) is 4. The van der Waals surface area contributed by atoms with Gasteiger partial charge in [0.1, 0.15) is 17.3 Å². The summed E-state index contributed by atoms with van der Waals surface area (Å²) >= 11 is 1.02. The van der Waals surface area contributed by atoms with Crippen LogP contribution >= 0.6 is 11.3 Å². The topological polar surface area (TPSA) is 186 Å². The van der Waals surface area contributed by atoms with Gasteiger partial charge in [-0.3, -0.25) is 19.7 Å². The predicted molar refractivity (Wildman–Crippen MR) is 191 cm³/mol. The van der Waals surface area contributed by atoms with Crippen molar-refractivity contribution in [2.24, 2.45) is 11.1 Å². The largest absolute Gasteiger partial charge is 0.450 e. The average Bonchev–Trinajstić information content (AvgIpc) is 3.88. The zero-order valence-electron chi connectivity index (χ0n) is 29.2. The second-order valence-electron chi connectivity index (χ2n) is 14.1. The van der Waals surface area contributed by atoms with Gasteiger partial charge in [0.15, 0.2) is 16.9 Å². The first-order chi connectivity index (χ1) is 24.9. The molecule has 52 heavy (non-hydrogen) atoms.